The first-order valence-corrected chi connectivity index (χ1v) is 12.3. The Bertz CT molecular complexity index is 1230. The fraction of sp³-hybridized carbons (Fsp3) is 0.429. The van der Waals surface area contributed by atoms with Crippen LogP contribution in [0, 0.1) is 11.3 Å². The van der Waals surface area contributed by atoms with Gasteiger partial charge in [0, 0.05) is 35.3 Å². The molecular weight excluding hydrogens is 426 g/mol. The van der Waals surface area contributed by atoms with Crippen LogP contribution in [0.15, 0.2) is 54.9 Å². The van der Waals surface area contributed by atoms with Crippen molar-refractivity contribution in [3.05, 3.63) is 60.4 Å². The summed E-state index contributed by atoms with van der Waals surface area (Å²) < 4.78 is 12.1. The molecule has 0 saturated carbocycles. The number of carbonyl (C=O) groups is 1. The average Bonchev–Trinajstić information content (AvgIpc) is 2.86. The van der Waals surface area contributed by atoms with Crippen molar-refractivity contribution in [2.45, 2.75) is 38.8 Å². The number of fused-ring (bicyclic) bond motifs is 5. The van der Waals surface area contributed by atoms with Gasteiger partial charge in [-0.2, -0.15) is 0 Å². The van der Waals surface area contributed by atoms with E-state index in [0.29, 0.717) is 12.5 Å². The highest BCUT2D eigenvalue weighted by Gasteiger charge is 2.41. The summed E-state index contributed by atoms with van der Waals surface area (Å²) in [6.07, 6.45) is 5.63. The van der Waals surface area contributed by atoms with Crippen molar-refractivity contribution in [2.75, 3.05) is 26.2 Å². The minimum Gasteiger partial charge on any atom is -0.493 e. The highest BCUT2D eigenvalue weighted by molar-refractivity contribution is 5.96. The van der Waals surface area contributed by atoms with Crippen LogP contribution in [0.4, 0.5) is 4.79 Å². The Morgan fingerprint density at radius 1 is 1.18 bits per heavy atom. The SMILES string of the molecule is CC1(C)COc2cc(-c3cccc4ccncc34)ccc2C1NC(=O)O[C@@H]1CN2CCC1CC2. The van der Waals surface area contributed by atoms with E-state index in [2.05, 4.69) is 65.4 Å². The van der Waals surface area contributed by atoms with E-state index in [1.54, 1.807) is 0 Å². The summed E-state index contributed by atoms with van der Waals surface area (Å²) in [5, 5.41) is 5.45. The molecule has 4 aliphatic rings. The number of pyridine rings is 1. The molecule has 1 amide bonds. The number of hydrogen-bond donors (Lipinski definition) is 1. The molecule has 4 aliphatic heterocycles. The zero-order valence-corrected chi connectivity index (χ0v) is 19.8. The molecular formula is C28H31N3O3. The van der Waals surface area contributed by atoms with Gasteiger partial charge in [-0.15, -0.1) is 0 Å². The van der Waals surface area contributed by atoms with Crippen LogP contribution < -0.4 is 10.1 Å². The Hall–Kier alpha value is -3.12. The van der Waals surface area contributed by atoms with Gasteiger partial charge in [-0.05, 0) is 60.5 Å². The summed E-state index contributed by atoms with van der Waals surface area (Å²) in [4.78, 5) is 19.7. The van der Waals surface area contributed by atoms with Crippen molar-refractivity contribution < 1.29 is 14.3 Å². The van der Waals surface area contributed by atoms with Crippen molar-refractivity contribution in [1.82, 2.24) is 15.2 Å². The largest absolute Gasteiger partial charge is 0.493 e. The number of rotatable bonds is 3. The third-order valence-corrected chi connectivity index (χ3v) is 7.82. The molecule has 34 heavy (non-hydrogen) atoms. The summed E-state index contributed by atoms with van der Waals surface area (Å²) in [6, 6.07) is 14.4. The van der Waals surface area contributed by atoms with Gasteiger partial charge in [-0.3, -0.25) is 9.88 Å². The van der Waals surface area contributed by atoms with Crippen LogP contribution in [0.2, 0.25) is 0 Å². The molecule has 3 saturated heterocycles. The molecule has 0 spiro atoms. The Morgan fingerprint density at radius 2 is 2.03 bits per heavy atom. The summed E-state index contributed by atoms with van der Waals surface area (Å²) in [5.74, 6) is 1.30. The second-order valence-corrected chi connectivity index (χ2v) is 10.6. The van der Waals surface area contributed by atoms with Gasteiger partial charge in [0.2, 0.25) is 0 Å². The summed E-state index contributed by atoms with van der Waals surface area (Å²) in [5.41, 5.74) is 2.93. The van der Waals surface area contributed by atoms with E-state index in [9.17, 15) is 4.79 Å². The van der Waals surface area contributed by atoms with Crippen molar-refractivity contribution in [3.8, 4) is 16.9 Å². The maximum atomic E-state index is 13.0. The topological polar surface area (TPSA) is 63.7 Å². The van der Waals surface area contributed by atoms with Gasteiger partial charge in [0.1, 0.15) is 11.9 Å². The maximum absolute atomic E-state index is 13.0. The van der Waals surface area contributed by atoms with Crippen LogP contribution in [0.3, 0.4) is 0 Å². The number of carbonyl (C=O) groups excluding carboxylic acids is 1. The van der Waals surface area contributed by atoms with Gasteiger partial charge < -0.3 is 14.8 Å². The van der Waals surface area contributed by atoms with Gasteiger partial charge in [-0.25, -0.2) is 4.79 Å². The standard InChI is InChI=1S/C28H31N3O3/c1-28(2)17-33-24-14-20(21-5-3-4-18-8-11-29-15-23(18)21)6-7-22(24)26(28)30-27(32)34-25-16-31-12-9-19(25)10-13-31/h3-8,11,14-15,19,25-26H,9-10,12-13,16-17H2,1-2H3,(H,30,32)/t25-,26?/m1/s1. The first kappa shape index (κ1) is 21.4. The lowest BCUT2D eigenvalue weighted by atomic mass is 9.78. The molecule has 6 heteroatoms. The van der Waals surface area contributed by atoms with E-state index in [1.807, 2.05) is 18.5 Å². The Balaban J connectivity index is 1.26. The fourth-order valence-electron chi connectivity index (χ4n) is 5.81. The maximum Gasteiger partial charge on any atom is 0.407 e. The van der Waals surface area contributed by atoms with E-state index in [4.69, 9.17) is 9.47 Å². The second-order valence-electron chi connectivity index (χ2n) is 10.6. The van der Waals surface area contributed by atoms with Crippen LogP contribution in [0.1, 0.15) is 38.3 Å². The van der Waals surface area contributed by atoms with Crippen LogP contribution >= 0.6 is 0 Å². The first-order chi connectivity index (χ1) is 16.5. The van der Waals surface area contributed by atoms with Crippen LogP contribution in [-0.4, -0.2) is 48.3 Å². The minimum atomic E-state index is -0.325. The number of nitrogens with zero attached hydrogens (tertiary/aromatic N) is 2. The molecule has 3 fully saturated rings. The highest BCUT2D eigenvalue weighted by atomic mass is 16.6. The normalized spacial score (nSPS) is 27.0. The number of amides is 1. The van der Waals surface area contributed by atoms with Crippen molar-refractivity contribution in [2.24, 2.45) is 11.3 Å². The molecule has 2 atom stereocenters. The van der Waals surface area contributed by atoms with Crippen LogP contribution in [0.25, 0.3) is 21.9 Å². The third kappa shape index (κ3) is 3.80. The number of benzene rings is 2. The number of hydrogen-bond acceptors (Lipinski definition) is 5. The number of aromatic nitrogens is 1. The molecule has 6 nitrogen and oxygen atoms in total. The lowest BCUT2D eigenvalue weighted by Crippen LogP contribution is -2.53. The lowest BCUT2D eigenvalue weighted by Gasteiger charge is -2.44. The van der Waals surface area contributed by atoms with E-state index in [0.717, 1.165) is 65.7 Å². The monoisotopic (exact) mass is 457 g/mol. The average molecular weight is 458 g/mol. The lowest BCUT2D eigenvalue weighted by molar-refractivity contribution is -0.0361. The van der Waals surface area contributed by atoms with Crippen molar-refractivity contribution in [1.29, 1.82) is 0 Å². The number of alkyl carbamates (subject to hydrolysis) is 1. The van der Waals surface area contributed by atoms with Gasteiger partial charge in [0.15, 0.2) is 0 Å². The van der Waals surface area contributed by atoms with Gasteiger partial charge in [-0.1, -0.05) is 44.2 Å². The summed E-state index contributed by atoms with van der Waals surface area (Å²) in [7, 11) is 0. The summed E-state index contributed by atoms with van der Waals surface area (Å²) >= 11 is 0. The smallest absolute Gasteiger partial charge is 0.407 e. The zero-order chi connectivity index (χ0) is 23.3. The molecule has 2 aromatic carbocycles. The van der Waals surface area contributed by atoms with Crippen LogP contribution in [-0.2, 0) is 4.74 Å². The molecule has 1 N–H and O–H groups in total. The van der Waals surface area contributed by atoms with E-state index in [-0.39, 0.29) is 23.7 Å². The molecule has 1 unspecified atom stereocenters. The van der Waals surface area contributed by atoms with E-state index < -0.39 is 0 Å². The van der Waals surface area contributed by atoms with E-state index in [1.165, 1.54) is 0 Å². The molecule has 7 rings (SSSR count). The molecule has 0 aliphatic carbocycles. The Morgan fingerprint density at radius 3 is 2.82 bits per heavy atom. The zero-order valence-electron chi connectivity index (χ0n) is 19.8. The molecule has 2 bridgehead atoms. The van der Waals surface area contributed by atoms with Gasteiger partial charge in [0.05, 0.1) is 12.6 Å². The first-order valence-electron chi connectivity index (χ1n) is 12.3. The quantitative estimate of drug-likeness (QED) is 0.587. The number of nitrogens with one attached hydrogen (secondary N) is 1. The predicted octanol–water partition coefficient (Wildman–Crippen LogP) is 5.18. The van der Waals surface area contributed by atoms with Crippen LogP contribution in [0.5, 0.6) is 5.75 Å². The number of piperidine rings is 3. The molecule has 3 aromatic rings. The van der Waals surface area contributed by atoms with E-state index >= 15 is 0 Å². The fourth-order valence-corrected chi connectivity index (χ4v) is 5.81. The molecule has 1 aromatic heterocycles. The molecule has 5 heterocycles. The minimum absolute atomic E-state index is 0.00716. The molecule has 176 valence electrons. The van der Waals surface area contributed by atoms with Gasteiger partial charge in [0.25, 0.3) is 0 Å². The Labute approximate surface area is 200 Å². The number of ether oxygens (including phenoxy) is 2. The Kier molecular flexibility index (Phi) is 5.21. The third-order valence-electron chi connectivity index (χ3n) is 7.82. The van der Waals surface area contributed by atoms with Gasteiger partial charge >= 0.3 is 6.09 Å². The summed E-state index contributed by atoms with van der Waals surface area (Å²) in [6.45, 7) is 7.88. The predicted molar refractivity (Wildman–Crippen MR) is 132 cm³/mol. The highest BCUT2D eigenvalue weighted by Crippen LogP contribution is 2.45. The molecule has 0 radical (unpaired) electrons. The van der Waals surface area contributed by atoms with Crippen molar-refractivity contribution in [3.63, 3.8) is 0 Å². The van der Waals surface area contributed by atoms with Crippen molar-refractivity contribution >= 4 is 16.9 Å². The second kappa shape index (κ2) is 8.27.